The smallest absolute Gasteiger partial charge is 0.243 e. The second-order valence-corrected chi connectivity index (χ2v) is 10.8. The molecule has 1 aliphatic heterocycles. The molecule has 0 unspecified atom stereocenters. The monoisotopic (exact) mass is 491 g/mol. The summed E-state index contributed by atoms with van der Waals surface area (Å²) < 4.78 is 33.0. The lowest BCUT2D eigenvalue weighted by Crippen LogP contribution is -2.37. The average molecular weight is 492 g/mol. The third-order valence-corrected chi connectivity index (χ3v) is 8.64. The van der Waals surface area contributed by atoms with Crippen molar-refractivity contribution in [3.8, 4) is 0 Å². The summed E-state index contributed by atoms with van der Waals surface area (Å²) >= 11 is 1.72. The van der Waals surface area contributed by atoms with Gasteiger partial charge in [0.05, 0.1) is 29.5 Å². The number of carbonyl (C=O) groups is 1. The Labute approximate surface area is 201 Å². The number of thioether (sulfide) groups is 1. The first-order valence-electron chi connectivity index (χ1n) is 11.4. The molecule has 2 aromatic rings. The van der Waals surface area contributed by atoms with Gasteiger partial charge in [0.2, 0.25) is 15.9 Å². The molecule has 1 saturated heterocycles. The Kier molecular flexibility index (Phi) is 9.61. The van der Waals surface area contributed by atoms with Gasteiger partial charge < -0.3 is 15.0 Å². The number of sulfonamides is 1. The molecule has 9 heteroatoms. The minimum Gasteiger partial charge on any atom is -0.378 e. The zero-order valence-electron chi connectivity index (χ0n) is 19.3. The molecule has 1 amide bonds. The normalized spacial score (nSPS) is 14.5. The van der Waals surface area contributed by atoms with Crippen molar-refractivity contribution >= 4 is 39.1 Å². The van der Waals surface area contributed by atoms with Gasteiger partial charge in [-0.05, 0) is 42.5 Å². The van der Waals surface area contributed by atoms with E-state index in [4.69, 9.17) is 4.74 Å². The van der Waals surface area contributed by atoms with Crippen LogP contribution in [0.1, 0.15) is 26.7 Å². The number of anilines is 2. The molecule has 1 N–H and O–H groups in total. The maximum atomic E-state index is 13.0. The van der Waals surface area contributed by atoms with Gasteiger partial charge in [-0.15, -0.1) is 11.8 Å². The van der Waals surface area contributed by atoms with Crippen LogP contribution in [0.15, 0.2) is 58.3 Å². The van der Waals surface area contributed by atoms with E-state index in [0.29, 0.717) is 51.5 Å². The van der Waals surface area contributed by atoms with Crippen molar-refractivity contribution in [2.24, 2.45) is 0 Å². The number of nitrogens with one attached hydrogen (secondary N) is 1. The van der Waals surface area contributed by atoms with Crippen LogP contribution in [0.3, 0.4) is 0 Å². The molecule has 0 aliphatic carbocycles. The number of benzene rings is 2. The molecule has 180 valence electrons. The fraction of sp³-hybridized carbons (Fsp3) is 0.458. The summed E-state index contributed by atoms with van der Waals surface area (Å²) in [5.41, 5.74) is 1.36. The lowest BCUT2D eigenvalue weighted by molar-refractivity contribution is -0.116. The second-order valence-electron chi connectivity index (χ2n) is 7.68. The first kappa shape index (κ1) is 25.6. The highest BCUT2D eigenvalue weighted by Crippen LogP contribution is 2.31. The van der Waals surface area contributed by atoms with Crippen molar-refractivity contribution < 1.29 is 17.9 Å². The van der Waals surface area contributed by atoms with Gasteiger partial charge in [0.25, 0.3) is 0 Å². The maximum Gasteiger partial charge on any atom is 0.243 e. The number of carbonyl (C=O) groups excluding carboxylic acids is 1. The Bertz CT molecular complexity index is 1010. The number of hydrogen-bond donors (Lipinski definition) is 1. The molecule has 0 radical (unpaired) electrons. The molecule has 0 saturated carbocycles. The van der Waals surface area contributed by atoms with E-state index < -0.39 is 10.0 Å². The maximum absolute atomic E-state index is 13.0. The summed E-state index contributed by atoms with van der Waals surface area (Å²) in [7, 11) is -3.62. The summed E-state index contributed by atoms with van der Waals surface area (Å²) in [5, 5.41) is 2.98. The van der Waals surface area contributed by atoms with Crippen LogP contribution in [0.2, 0.25) is 0 Å². The van der Waals surface area contributed by atoms with Crippen molar-refractivity contribution in [2.45, 2.75) is 36.5 Å². The molecule has 2 aromatic carbocycles. The largest absolute Gasteiger partial charge is 0.378 e. The average Bonchev–Trinajstić information content (AvgIpc) is 2.83. The number of hydrogen-bond acceptors (Lipinski definition) is 6. The molecular weight excluding hydrogens is 458 g/mol. The molecule has 3 rings (SSSR count). The Balaban J connectivity index is 1.73. The van der Waals surface area contributed by atoms with E-state index in [9.17, 15) is 13.2 Å². The molecule has 0 aromatic heterocycles. The predicted octanol–water partition coefficient (Wildman–Crippen LogP) is 4.06. The van der Waals surface area contributed by atoms with Gasteiger partial charge in [-0.25, -0.2) is 8.42 Å². The van der Waals surface area contributed by atoms with Crippen molar-refractivity contribution in [2.75, 3.05) is 55.4 Å². The molecule has 7 nitrogen and oxygen atoms in total. The van der Waals surface area contributed by atoms with Gasteiger partial charge in [-0.1, -0.05) is 32.0 Å². The van der Waals surface area contributed by atoms with Gasteiger partial charge in [0.15, 0.2) is 0 Å². The molecule has 1 fully saturated rings. The minimum absolute atomic E-state index is 0.115. The fourth-order valence-corrected chi connectivity index (χ4v) is 6.08. The van der Waals surface area contributed by atoms with Crippen molar-refractivity contribution in [3.05, 3.63) is 48.5 Å². The van der Waals surface area contributed by atoms with Crippen molar-refractivity contribution in [1.82, 2.24) is 4.31 Å². The standard InChI is InChI=1S/C24H33N3O4S2/c1-3-27(4-2)33(29,30)21-12-13-23(26-14-16-31-17-15-26)22(19-21)25-24(28)11-8-18-32-20-9-6-5-7-10-20/h5-7,9-10,12-13,19H,3-4,8,11,14-18H2,1-2H3,(H,25,28). The number of nitrogens with zero attached hydrogens (tertiary/aromatic N) is 2. The van der Waals surface area contributed by atoms with E-state index in [1.54, 1.807) is 30.0 Å². The summed E-state index contributed by atoms with van der Waals surface area (Å²) in [6.45, 7) is 7.01. The quantitative estimate of drug-likeness (QED) is 0.377. The minimum atomic E-state index is -3.62. The van der Waals surface area contributed by atoms with E-state index >= 15 is 0 Å². The Morgan fingerprint density at radius 3 is 2.45 bits per heavy atom. The topological polar surface area (TPSA) is 79.0 Å². The van der Waals surface area contributed by atoms with Crippen LogP contribution < -0.4 is 10.2 Å². The van der Waals surface area contributed by atoms with E-state index in [1.165, 1.54) is 9.20 Å². The van der Waals surface area contributed by atoms with Crippen LogP contribution in [0.5, 0.6) is 0 Å². The van der Waals surface area contributed by atoms with Gasteiger partial charge in [0, 0.05) is 37.5 Å². The van der Waals surface area contributed by atoms with E-state index in [1.807, 2.05) is 32.0 Å². The first-order chi connectivity index (χ1) is 16.0. The summed E-state index contributed by atoms with van der Waals surface area (Å²) in [5.74, 6) is 0.722. The molecule has 1 aliphatic rings. The van der Waals surface area contributed by atoms with Gasteiger partial charge in [0.1, 0.15) is 0 Å². The summed E-state index contributed by atoms with van der Waals surface area (Å²) in [4.78, 5) is 16.2. The van der Waals surface area contributed by atoms with Crippen LogP contribution >= 0.6 is 11.8 Å². The lowest BCUT2D eigenvalue weighted by atomic mass is 10.2. The van der Waals surface area contributed by atoms with Crippen LogP contribution in [0.25, 0.3) is 0 Å². The van der Waals surface area contributed by atoms with Gasteiger partial charge >= 0.3 is 0 Å². The Hall–Kier alpha value is -2.07. The SMILES string of the molecule is CCN(CC)S(=O)(=O)c1ccc(N2CCOCC2)c(NC(=O)CCCSc2ccccc2)c1. The Morgan fingerprint density at radius 1 is 1.09 bits per heavy atom. The highest BCUT2D eigenvalue weighted by molar-refractivity contribution is 7.99. The number of rotatable bonds is 11. The molecule has 33 heavy (non-hydrogen) atoms. The number of amides is 1. The zero-order valence-corrected chi connectivity index (χ0v) is 21.0. The molecular formula is C24H33N3O4S2. The van der Waals surface area contributed by atoms with E-state index in [0.717, 1.165) is 17.9 Å². The molecule has 0 bridgehead atoms. The molecule has 0 spiro atoms. The molecule has 1 heterocycles. The lowest BCUT2D eigenvalue weighted by Gasteiger charge is -2.31. The highest BCUT2D eigenvalue weighted by Gasteiger charge is 2.24. The van der Waals surface area contributed by atoms with Gasteiger partial charge in [-0.2, -0.15) is 4.31 Å². The highest BCUT2D eigenvalue weighted by atomic mass is 32.2. The zero-order chi connectivity index (χ0) is 23.7. The Morgan fingerprint density at radius 2 is 1.79 bits per heavy atom. The fourth-order valence-electron chi connectivity index (χ4n) is 3.72. The second kappa shape index (κ2) is 12.4. The summed E-state index contributed by atoms with van der Waals surface area (Å²) in [6, 6.07) is 15.1. The van der Waals surface area contributed by atoms with Crippen molar-refractivity contribution in [3.63, 3.8) is 0 Å². The number of morpholine rings is 1. The number of ether oxygens (including phenoxy) is 1. The summed E-state index contributed by atoms with van der Waals surface area (Å²) in [6.07, 6.45) is 1.10. The van der Waals surface area contributed by atoms with Crippen LogP contribution in [0, 0.1) is 0 Å². The third-order valence-electron chi connectivity index (χ3n) is 5.50. The first-order valence-corrected chi connectivity index (χ1v) is 13.8. The van der Waals surface area contributed by atoms with Gasteiger partial charge in [-0.3, -0.25) is 4.79 Å². The van der Waals surface area contributed by atoms with Crippen LogP contribution in [-0.4, -0.2) is 63.8 Å². The predicted molar refractivity (Wildman–Crippen MR) is 135 cm³/mol. The molecule has 0 atom stereocenters. The van der Waals surface area contributed by atoms with Crippen LogP contribution in [0.4, 0.5) is 11.4 Å². The van der Waals surface area contributed by atoms with E-state index in [-0.39, 0.29) is 10.8 Å². The van der Waals surface area contributed by atoms with E-state index in [2.05, 4.69) is 22.3 Å². The van der Waals surface area contributed by atoms with Crippen molar-refractivity contribution in [1.29, 1.82) is 0 Å². The third kappa shape index (κ3) is 6.96. The van der Waals surface area contributed by atoms with Crippen LogP contribution in [-0.2, 0) is 19.6 Å².